The number of benzene rings is 3. The number of amides is 1. The standard InChI is InChI=1S/C41H38FN7O4/c42-35-36(32-20-30(50)19-27-10-4-5-11-31(27)32)44-21-33-37(35)45-39(53-25-41-13-6-16-48(41)17-7-14-41)46-38(33)47-22-29-18-28(12-15-43)34(23-47)49(29)40(51)52-24-26-8-2-1-3-9-26/h1-5,8-12,19-21,29,34,50H,6-7,13-14,16-18,22-25H2/b28-12+/t29-,34-/m1/s1. The molecule has 3 aromatic carbocycles. The molecule has 0 unspecified atom stereocenters. The van der Waals surface area contributed by atoms with Gasteiger partial charge >= 0.3 is 12.1 Å². The van der Waals surface area contributed by atoms with Crippen molar-refractivity contribution in [1.29, 1.82) is 5.26 Å². The van der Waals surface area contributed by atoms with E-state index in [0.29, 0.717) is 42.9 Å². The first-order valence-electron chi connectivity index (χ1n) is 18.2. The van der Waals surface area contributed by atoms with Crippen LogP contribution in [-0.2, 0) is 11.3 Å². The molecule has 0 aliphatic carbocycles. The number of carbonyl (C=O) groups excluding carboxylic acids is 1. The normalized spacial score (nSPS) is 21.3. The van der Waals surface area contributed by atoms with E-state index in [0.717, 1.165) is 60.7 Å². The van der Waals surface area contributed by atoms with Crippen molar-refractivity contribution in [2.45, 2.75) is 56.3 Å². The third kappa shape index (κ3) is 5.85. The minimum absolute atomic E-state index is 0.00111. The maximum absolute atomic E-state index is 17.0. The predicted molar refractivity (Wildman–Crippen MR) is 197 cm³/mol. The van der Waals surface area contributed by atoms with E-state index in [1.54, 1.807) is 17.2 Å². The number of carbonyl (C=O) groups is 1. The Kier molecular flexibility index (Phi) is 8.31. The average molecular weight is 712 g/mol. The van der Waals surface area contributed by atoms with Gasteiger partial charge in [-0.25, -0.2) is 9.18 Å². The Morgan fingerprint density at radius 3 is 2.64 bits per heavy atom. The Labute approximate surface area is 305 Å². The first kappa shape index (κ1) is 33.1. The molecular weight excluding hydrogens is 673 g/mol. The second-order valence-electron chi connectivity index (χ2n) is 14.5. The topological polar surface area (TPSA) is 128 Å². The summed E-state index contributed by atoms with van der Waals surface area (Å²) in [6.45, 7) is 3.27. The second kappa shape index (κ2) is 13.3. The molecule has 4 aliphatic rings. The van der Waals surface area contributed by atoms with Crippen LogP contribution >= 0.6 is 0 Å². The van der Waals surface area contributed by atoms with Crippen molar-refractivity contribution in [3.8, 4) is 29.1 Å². The number of ether oxygens (including phenoxy) is 2. The van der Waals surface area contributed by atoms with Gasteiger partial charge in [-0.1, -0.05) is 54.6 Å². The summed E-state index contributed by atoms with van der Waals surface area (Å²) in [5.41, 5.74) is 2.19. The Hall–Kier alpha value is -5.80. The zero-order valence-corrected chi connectivity index (χ0v) is 29.1. The smallest absolute Gasteiger partial charge is 0.410 e. The highest BCUT2D eigenvalue weighted by molar-refractivity contribution is 6.00. The molecule has 6 heterocycles. The number of nitrogens with zero attached hydrogens (tertiary/aromatic N) is 7. The lowest BCUT2D eigenvalue weighted by Crippen LogP contribution is -2.56. The Balaban J connectivity index is 1.10. The van der Waals surface area contributed by atoms with Gasteiger partial charge in [0.2, 0.25) is 0 Å². The van der Waals surface area contributed by atoms with Gasteiger partial charge in [0.15, 0.2) is 5.82 Å². The van der Waals surface area contributed by atoms with Gasteiger partial charge in [0, 0.05) is 30.9 Å². The lowest BCUT2D eigenvalue weighted by atomic mass is 9.95. The summed E-state index contributed by atoms with van der Waals surface area (Å²) < 4.78 is 29.2. The largest absolute Gasteiger partial charge is 0.508 e. The number of piperazine rings is 1. The van der Waals surface area contributed by atoms with Crippen LogP contribution in [-0.4, -0.2) is 86.4 Å². The van der Waals surface area contributed by atoms with Gasteiger partial charge in [-0.2, -0.15) is 15.2 Å². The van der Waals surface area contributed by atoms with Crippen LogP contribution in [0.3, 0.4) is 0 Å². The Morgan fingerprint density at radius 2 is 1.83 bits per heavy atom. The summed E-state index contributed by atoms with van der Waals surface area (Å²) in [6.07, 6.45) is 7.41. The number of aromatic nitrogens is 3. The van der Waals surface area contributed by atoms with Crippen molar-refractivity contribution in [3.63, 3.8) is 0 Å². The van der Waals surface area contributed by atoms with Gasteiger partial charge in [-0.15, -0.1) is 0 Å². The van der Waals surface area contributed by atoms with Crippen LogP contribution in [0.1, 0.15) is 37.7 Å². The molecule has 2 aromatic heterocycles. The van der Waals surface area contributed by atoms with E-state index in [1.807, 2.05) is 59.5 Å². The number of hydrogen-bond donors (Lipinski definition) is 1. The van der Waals surface area contributed by atoms with Crippen LogP contribution in [0, 0.1) is 17.1 Å². The van der Waals surface area contributed by atoms with Crippen molar-refractivity contribution in [2.24, 2.45) is 0 Å². The molecule has 11 nitrogen and oxygen atoms in total. The average Bonchev–Trinajstić information content (AvgIpc) is 3.82. The van der Waals surface area contributed by atoms with Gasteiger partial charge in [-0.3, -0.25) is 14.8 Å². The maximum atomic E-state index is 17.0. The molecule has 2 atom stereocenters. The van der Waals surface area contributed by atoms with Gasteiger partial charge in [0.25, 0.3) is 0 Å². The Morgan fingerprint density at radius 1 is 1.04 bits per heavy atom. The molecule has 5 aromatic rings. The van der Waals surface area contributed by atoms with Gasteiger partial charge < -0.3 is 19.5 Å². The molecule has 1 amide bonds. The summed E-state index contributed by atoms with van der Waals surface area (Å²) in [5, 5.41) is 22.1. The fraction of sp³-hybridized carbons (Fsp3) is 0.341. The van der Waals surface area contributed by atoms with Crippen LogP contribution in [0.2, 0.25) is 0 Å². The van der Waals surface area contributed by atoms with Crippen LogP contribution in [0.4, 0.5) is 15.0 Å². The number of pyridine rings is 1. The molecule has 0 spiro atoms. The molecule has 2 bridgehead atoms. The van der Waals surface area contributed by atoms with Crippen LogP contribution in [0.5, 0.6) is 11.8 Å². The first-order chi connectivity index (χ1) is 25.9. The summed E-state index contributed by atoms with van der Waals surface area (Å²) in [7, 11) is 0. The van der Waals surface area contributed by atoms with E-state index in [2.05, 4.69) is 16.0 Å². The fourth-order valence-corrected chi connectivity index (χ4v) is 8.98. The van der Waals surface area contributed by atoms with Crippen LogP contribution < -0.4 is 9.64 Å². The number of halogens is 1. The zero-order chi connectivity index (χ0) is 36.1. The summed E-state index contributed by atoms with van der Waals surface area (Å²) >= 11 is 0. The number of anilines is 1. The quantitative estimate of drug-likeness (QED) is 0.181. The lowest BCUT2D eigenvalue weighted by molar-refractivity contribution is 0.0753. The summed E-state index contributed by atoms with van der Waals surface area (Å²) in [5.74, 6) is -0.202. The number of fused-ring (bicyclic) bond motifs is 5. The number of phenols is 1. The number of phenolic OH excluding ortho intramolecular Hbond substituents is 1. The van der Waals surface area contributed by atoms with Crippen molar-refractivity contribution < 1.29 is 23.8 Å². The SMILES string of the molecule is N#C/C=C1\C[C@@H]2CN(c3nc(OCC45CCCN4CCC5)nc4c(F)c(-c5cc(O)cc6ccccc56)ncc34)C[C@H]1N2C(=O)OCc1ccccc1. The molecule has 0 radical (unpaired) electrons. The number of hydrogen-bond acceptors (Lipinski definition) is 10. The summed E-state index contributed by atoms with van der Waals surface area (Å²) in [4.78, 5) is 34.0. The Bertz CT molecular complexity index is 2300. The molecule has 0 saturated carbocycles. The molecular formula is C41H38FN7O4. The molecule has 4 saturated heterocycles. The third-order valence-corrected chi connectivity index (χ3v) is 11.4. The summed E-state index contributed by atoms with van der Waals surface area (Å²) in [6, 6.07) is 21.6. The number of rotatable bonds is 7. The van der Waals surface area contributed by atoms with Crippen molar-refractivity contribution >= 4 is 33.6 Å². The highest BCUT2D eigenvalue weighted by Gasteiger charge is 2.48. The third-order valence-electron chi connectivity index (χ3n) is 11.4. The molecule has 268 valence electrons. The number of allylic oxidation sites excluding steroid dienone is 1. The van der Waals surface area contributed by atoms with E-state index in [9.17, 15) is 15.2 Å². The minimum atomic E-state index is -0.649. The molecule has 4 fully saturated rings. The monoisotopic (exact) mass is 711 g/mol. The van der Waals surface area contributed by atoms with E-state index in [4.69, 9.17) is 19.4 Å². The van der Waals surface area contributed by atoms with Gasteiger partial charge in [-0.05, 0) is 79.2 Å². The highest BCUT2D eigenvalue weighted by atomic mass is 19.1. The molecule has 1 N–H and O–H groups in total. The first-order valence-corrected chi connectivity index (χ1v) is 18.2. The molecule has 12 heteroatoms. The van der Waals surface area contributed by atoms with E-state index < -0.39 is 18.0 Å². The zero-order valence-electron chi connectivity index (χ0n) is 29.1. The van der Waals surface area contributed by atoms with Crippen molar-refractivity contribution in [3.05, 3.63) is 96.0 Å². The van der Waals surface area contributed by atoms with Crippen LogP contribution in [0.15, 0.2) is 84.6 Å². The number of aromatic hydroxyl groups is 1. The van der Waals surface area contributed by atoms with Gasteiger partial charge in [0.05, 0.1) is 29.1 Å². The minimum Gasteiger partial charge on any atom is -0.508 e. The highest BCUT2D eigenvalue weighted by Crippen LogP contribution is 2.42. The van der Waals surface area contributed by atoms with E-state index >= 15 is 4.39 Å². The van der Waals surface area contributed by atoms with Crippen molar-refractivity contribution in [1.82, 2.24) is 24.8 Å². The van der Waals surface area contributed by atoms with E-state index in [1.165, 1.54) is 12.1 Å². The van der Waals surface area contributed by atoms with Crippen molar-refractivity contribution in [2.75, 3.05) is 37.7 Å². The fourth-order valence-electron chi connectivity index (χ4n) is 8.98. The lowest BCUT2D eigenvalue weighted by Gasteiger charge is -2.41. The predicted octanol–water partition coefficient (Wildman–Crippen LogP) is 6.75. The number of nitriles is 1. The maximum Gasteiger partial charge on any atom is 0.410 e. The van der Waals surface area contributed by atoms with Gasteiger partial charge in [0.1, 0.15) is 36.0 Å². The molecule has 4 aliphatic heterocycles. The second-order valence-corrected chi connectivity index (χ2v) is 14.5. The molecule has 9 rings (SSSR count). The molecule has 53 heavy (non-hydrogen) atoms. The van der Waals surface area contributed by atoms with Crippen LogP contribution in [0.25, 0.3) is 32.9 Å². The van der Waals surface area contributed by atoms with E-state index in [-0.39, 0.29) is 41.2 Å².